The molecule has 0 amide bonds. The summed E-state index contributed by atoms with van der Waals surface area (Å²) in [6.07, 6.45) is 3.57. The third-order valence-electron chi connectivity index (χ3n) is 5.76. The van der Waals surface area contributed by atoms with Crippen molar-refractivity contribution < 1.29 is 28.5 Å². The van der Waals surface area contributed by atoms with E-state index in [4.69, 9.17) is 23.7 Å². The summed E-state index contributed by atoms with van der Waals surface area (Å²) in [4.78, 5) is 12.1. The number of hydrogen-bond donors (Lipinski definition) is 0. The lowest BCUT2D eigenvalue weighted by atomic mass is 10.2. The number of carbonyl (C=O) groups is 1. The lowest BCUT2D eigenvalue weighted by molar-refractivity contribution is -0.135. The van der Waals surface area contributed by atoms with Crippen LogP contribution in [0.2, 0.25) is 0 Å². The predicted octanol–water partition coefficient (Wildman–Crippen LogP) is 6.47. The number of benzene rings is 4. The van der Waals surface area contributed by atoms with Crippen molar-refractivity contribution in [1.82, 2.24) is 0 Å². The highest BCUT2D eigenvalue weighted by molar-refractivity contribution is 5.89. The van der Waals surface area contributed by atoms with E-state index in [1.54, 1.807) is 38.5 Å². The average Bonchev–Trinajstić information content (AvgIpc) is 3.01. The van der Waals surface area contributed by atoms with Crippen LogP contribution in [0.25, 0.3) is 6.08 Å². The second-order valence-electron chi connectivity index (χ2n) is 8.58. The molecule has 0 aliphatic carbocycles. The zero-order chi connectivity index (χ0) is 28.0. The number of hydrogen-bond acceptors (Lipinski definition) is 6. The van der Waals surface area contributed by atoms with Crippen molar-refractivity contribution in [3.8, 4) is 34.8 Å². The monoisotopic (exact) mass is 534 g/mol. The summed E-state index contributed by atoms with van der Waals surface area (Å²) in [7, 11) is 3.16. The van der Waals surface area contributed by atoms with Gasteiger partial charge in [0.2, 0.25) is 0 Å². The van der Waals surface area contributed by atoms with E-state index in [0.717, 1.165) is 16.7 Å². The van der Waals surface area contributed by atoms with Crippen molar-refractivity contribution in [2.45, 2.75) is 13.2 Å². The molecule has 0 aromatic heterocycles. The summed E-state index contributed by atoms with van der Waals surface area (Å²) < 4.78 is 27.9. The molecule has 0 aliphatic heterocycles. The lowest BCUT2D eigenvalue weighted by Gasteiger charge is -2.11. The van der Waals surface area contributed by atoms with Crippen molar-refractivity contribution in [3.05, 3.63) is 125 Å². The van der Waals surface area contributed by atoms with Crippen LogP contribution < -0.4 is 18.9 Å². The van der Waals surface area contributed by atoms with Gasteiger partial charge in [0.25, 0.3) is 0 Å². The molecule has 0 fully saturated rings. The largest absolute Gasteiger partial charge is 0.493 e. The second kappa shape index (κ2) is 14.7. The molecule has 6 nitrogen and oxygen atoms in total. The first-order chi connectivity index (χ1) is 19.6. The van der Waals surface area contributed by atoms with Crippen molar-refractivity contribution in [2.75, 3.05) is 20.8 Å². The van der Waals surface area contributed by atoms with E-state index < -0.39 is 5.97 Å². The van der Waals surface area contributed by atoms with Gasteiger partial charge >= 0.3 is 5.97 Å². The molecule has 4 aromatic carbocycles. The molecule has 0 N–H and O–H groups in total. The Morgan fingerprint density at radius 2 is 1.27 bits per heavy atom. The van der Waals surface area contributed by atoms with Crippen LogP contribution in [0.15, 0.2) is 103 Å². The lowest BCUT2D eigenvalue weighted by Crippen LogP contribution is -2.01. The van der Waals surface area contributed by atoms with Gasteiger partial charge < -0.3 is 23.7 Å². The van der Waals surface area contributed by atoms with Gasteiger partial charge in [0.05, 0.1) is 14.2 Å². The van der Waals surface area contributed by atoms with Gasteiger partial charge in [-0.25, -0.2) is 4.79 Å². The smallest absolute Gasteiger partial charge is 0.385 e. The third-order valence-corrected chi connectivity index (χ3v) is 5.76. The summed E-state index contributed by atoms with van der Waals surface area (Å²) in [6, 6.07) is 30.7. The number of ether oxygens (including phenoxy) is 5. The molecule has 0 saturated heterocycles. The topological polar surface area (TPSA) is 63.2 Å². The normalized spacial score (nSPS) is 10.3. The number of rotatable bonds is 11. The van der Waals surface area contributed by atoms with Gasteiger partial charge in [0.15, 0.2) is 23.0 Å². The van der Waals surface area contributed by atoms with E-state index in [2.05, 4.69) is 11.8 Å². The Kier molecular flexibility index (Phi) is 10.2. The van der Waals surface area contributed by atoms with Gasteiger partial charge in [-0.05, 0) is 53.1 Å². The molecule has 0 aliphatic rings. The maximum absolute atomic E-state index is 12.1. The average molecular weight is 535 g/mol. The molecule has 0 atom stereocenters. The first kappa shape index (κ1) is 27.9. The Labute approximate surface area is 234 Å². The Morgan fingerprint density at radius 3 is 1.88 bits per heavy atom. The summed E-state index contributed by atoms with van der Waals surface area (Å²) >= 11 is 0. The zero-order valence-corrected chi connectivity index (χ0v) is 22.5. The van der Waals surface area contributed by atoms with Gasteiger partial charge in [-0.2, -0.15) is 0 Å². The van der Waals surface area contributed by atoms with E-state index >= 15 is 0 Å². The van der Waals surface area contributed by atoms with Crippen molar-refractivity contribution in [1.29, 1.82) is 0 Å². The molecule has 0 spiro atoms. The highest BCUT2D eigenvalue weighted by Crippen LogP contribution is 2.30. The van der Waals surface area contributed by atoms with Gasteiger partial charge in [-0.3, -0.25) is 0 Å². The molecule has 0 bridgehead atoms. The quantitative estimate of drug-likeness (QED) is 0.162. The Balaban J connectivity index is 1.27. The van der Waals surface area contributed by atoms with Crippen molar-refractivity contribution >= 4 is 12.0 Å². The van der Waals surface area contributed by atoms with Crippen LogP contribution >= 0.6 is 0 Å². The molecule has 202 valence electrons. The third kappa shape index (κ3) is 8.44. The van der Waals surface area contributed by atoms with E-state index in [0.29, 0.717) is 41.8 Å². The van der Waals surface area contributed by atoms with E-state index in [-0.39, 0.29) is 6.61 Å². The van der Waals surface area contributed by atoms with Crippen LogP contribution in [0.3, 0.4) is 0 Å². The summed E-state index contributed by atoms with van der Waals surface area (Å²) in [6.45, 7) is 0.945. The van der Waals surface area contributed by atoms with Crippen molar-refractivity contribution in [3.63, 3.8) is 0 Å². The fraction of sp³-hybridized carbons (Fsp3) is 0.147. The highest BCUT2D eigenvalue weighted by Gasteiger charge is 2.07. The first-order valence-corrected chi connectivity index (χ1v) is 12.7. The maximum atomic E-state index is 12.1. The van der Waals surface area contributed by atoms with Gasteiger partial charge in [0, 0.05) is 11.5 Å². The molecule has 6 heteroatoms. The first-order valence-electron chi connectivity index (χ1n) is 12.7. The second-order valence-corrected chi connectivity index (χ2v) is 8.58. The summed E-state index contributed by atoms with van der Waals surface area (Å²) in [5.74, 6) is 7.08. The highest BCUT2D eigenvalue weighted by atomic mass is 16.5. The number of carbonyl (C=O) groups excluding carboxylic acids is 1. The molecule has 4 aromatic rings. The fourth-order valence-electron chi connectivity index (χ4n) is 3.71. The van der Waals surface area contributed by atoms with E-state index in [1.165, 1.54) is 0 Å². The SMILES string of the molecule is COc1cc(C#CC(=O)OC/C=C/c2ccc(OCc3ccccc3)c(OC)c2)ccc1OCc1ccccc1. The minimum atomic E-state index is -0.629. The molecule has 40 heavy (non-hydrogen) atoms. The molecular formula is C34H30O6. The molecule has 0 saturated carbocycles. The summed E-state index contributed by atoms with van der Waals surface area (Å²) in [5, 5.41) is 0. The minimum absolute atomic E-state index is 0.0810. The van der Waals surface area contributed by atoms with Crippen LogP contribution in [0.1, 0.15) is 22.3 Å². The van der Waals surface area contributed by atoms with E-state index in [9.17, 15) is 4.79 Å². The van der Waals surface area contributed by atoms with Gasteiger partial charge in [-0.15, -0.1) is 0 Å². The van der Waals surface area contributed by atoms with Crippen LogP contribution in [-0.2, 0) is 22.7 Å². The Morgan fingerprint density at radius 1 is 0.700 bits per heavy atom. The Hall–Kier alpha value is -5.15. The van der Waals surface area contributed by atoms with Gasteiger partial charge in [-0.1, -0.05) is 78.7 Å². The standard InChI is InChI=1S/C34H30O6/c1-36-32-22-26(15-18-30(32)39-24-28-10-5-3-6-11-28)14-9-21-38-34(35)20-17-27-16-19-31(33(23-27)37-2)40-25-29-12-7-4-8-13-29/h3-16,18-19,22-23H,21,24-25H2,1-2H3/b14-9+. The summed E-state index contributed by atoms with van der Waals surface area (Å²) in [5.41, 5.74) is 3.61. The zero-order valence-electron chi connectivity index (χ0n) is 22.5. The van der Waals surface area contributed by atoms with Crippen molar-refractivity contribution in [2.24, 2.45) is 0 Å². The predicted molar refractivity (Wildman–Crippen MR) is 154 cm³/mol. The molecular weight excluding hydrogens is 504 g/mol. The number of methoxy groups -OCH3 is 2. The van der Waals surface area contributed by atoms with Crippen LogP contribution in [0.4, 0.5) is 0 Å². The fourth-order valence-corrected chi connectivity index (χ4v) is 3.71. The molecule has 0 radical (unpaired) electrons. The molecule has 0 heterocycles. The molecule has 4 rings (SSSR count). The Bertz CT molecular complexity index is 1480. The van der Waals surface area contributed by atoms with Crippen LogP contribution in [0.5, 0.6) is 23.0 Å². The van der Waals surface area contributed by atoms with E-state index in [1.807, 2.05) is 84.9 Å². The van der Waals surface area contributed by atoms with Crippen LogP contribution in [0, 0.1) is 11.8 Å². The van der Waals surface area contributed by atoms with Gasteiger partial charge in [0.1, 0.15) is 19.8 Å². The number of esters is 1. The molecule has 0 unspecified atom stereocenters. The van der Waals surface area contributed by atoms with Crippen LogP contribution in [-0.4, -0.2) is 26.8 Å². The maximum Gasteiger partial charge on any atom is 0.385 e. The minimum Gasteiger partial charge on any atom is -0.493 e.